The molecular weight excluding hydrogens is 468 g/mol. The van der Waals surface area contributed by atoms with E-state index >= 15 is 0 Å². The van der Waals surface area contributed by atoms with Crippen LogP contribution < -0.4 is 15.2 Å². The van der Waals surface area contributed by atoms with E-state index in [1.807, 2.05) is 19.1 Å². The van der Waals surface area contributed by atoms with Crippen molar-refractivity contribution < 1.29 is 14.2 Å². The Kier molecular flexibility index (Phi) is 5.55. The number of halogens is 2. The molecule has 3 N–H and O–H groups in total. The number of allylic oxidation sites excluding steroid dienone is 1. The van der Waals surface area contributed by atoms with Crippen LogP contribution in [0.15, 0.2) is 32.5 Å². The topological polar surface area (TPSA) is 106 Å². The van der Waals surface area contributed by atoms with E-state index in [4.69, 9.17) is 19.9 Å². The summed E-state index contributed by atoms with van der Waals surface area (Å²) in [6.07, 6.45) is 0. The molecule has 26 heavy (non-hydrogen) atoms. The number of nitriles is 1. The molecule has 7 nitrogen and oxygen atoms in total. The molecule has 0 saturated carbocycles. The minimum atomic E-state index is -0.497. The molecule has 0 saturated heterocycles. The molecule has 136 valence electrons. The molecule has 3 rings (SSSR count). The van der Waals surface area contributed by atoms with Gasteiger partial charge in [0.25, 0.3) is 0 Å². The molecule has 1 aromatic heterocycles. The van der Waals surface area contributed by atoms with Crippen molar-refractivity contribution in [1.82, 2.24) is 10.2 Å². The molecule has 1 unspecified atom stereocenters. The van der Waals surface area contributed by atoms with Crippen molar-refractivity contribution in [3.05, 3.63) is 49.4 Å². The van der Waals surface area contributed by atoms with E-state index in [-0.39, 0.29) is 5.88 Å². The molecule has 1 aliphatic rings. The van der Waals surface area contributed by atoms with E-state index in [1.54, 1.807) is 7.11 Å². The first kappa shape index (κ1) is 18.8. The lowest BCUT2D eigenvalue weighted by molar-refractivity contribution is 0.180. The van der Waals surface area contributed by atoms with Crippen LogP contribution in [0, 0.1) is 11.3 Å². The van der Waals surface area contributed by atoms with Gasteiger partial charge >= 0.3 is 0 Å². The Morgan fingerprint density at radius 3 is 2.85 bits per heavy atom. The van der Waals surface area contributed by atoms with Crippen LogP contribution in [-0.4, -0.2) is 23.9 Å². The SMILES string of the molecule is CCOc1c(Br)cc(Br)cc1C1C(C#N)=C(N)Oc2n[nH]c(COC)c21. The maximum absolute atomic E-state index is 9.74. The van der Waals surface area contributed by atoms with Gasteiger partial charge in [-0.1, -0.05) is 15.9 Å². The summed E-state index contributed by atoms with van der Waals surface area (Å²) < 4.78 is 18.3. The highest BCUT2D eigenvalue weighted by Gasteiger charge is 2.37. The van der Waals surface area contributed by atoms with E-state index in [9.17, 15) is 5.26 Å². The van der Waals surface area contributed by atoms with E-state index in [0.29, 0.717) is 41.7 Å². The number of nitrogens with zero attached hydrogens (tertiary/aromatic N) is 2. The number of aromatic amines is 1. The van der Waals surface area contributed by atoms with Crippen LogP contribution in [0.3, 0.4) is 0 Å². The lowest BCUT2D eigenvalue weighted by Gasteiger charge is -2.26. The first-order valence-electron chi connectivity index (χ1n) is 7.77. The van der Waals surface area contributed by atoms with Crippen LogP contribution in [0.25, 0.3) is 0 Å². The zero-order chi connectivity index (χ0) is 18.8. The number of H-pyrrole nitrogens is 1. The Balaban J connectivity index is 2.30. The second-order valence-electron chi connectivity index (χ2n) is 5.52. The van der Waals surface area contributed by atoms with Crippen LogP contribution in [0.4, 0.5) is 0 Å². The van der Waals surface area contributed by atoms with Gasteiger partial charge in [-0.15, -0.1) is 5.10 Å². The summed E-state index contributed by atoms with van der Waals surface area (Å²) in [7, 11) is 1.59. The Hall–Kier alpha value is -2.02. The highest BCUT2D eigenvalue weighted by molar-refractivity contribution is 9.11. The van der Waals surface area contributed by atoms with E-state index < -0.39 is 5.92 Å². The number of ether oxygens (including phenoxy) is 3. The van der Waals surface area contributed by atoms with E-state index in [0.717, 1.165) is 14.5 Å². The number of hydrogen-bond donors (Lipinski definition) is 2. The number of fused-ring (bicyclic) bond motifs is 1. The largest absolute Gasteiger partial charge is 0.492 e. The van der Waals surface area contributed by atoms with Gasteiger partial charge in [0, 0.05) is 17.1 Å². The minimum absolute atomic E-state index is 0.0269. The standard InChI is InChI=1S/C17H16Br2N4O3/c1-3-25-15-9(4-8(18)5-11(15)19)13-10(6-20)16(21)26-17-14(13)12(7-24-2)22-23-17/h4-5,13H,3,7,21H2,1-2H3,(H,22,23). The minimum Gasteiger partial charge on any atom is -0.492 e. The van der Waals surface area contributed by atoms with Gasteiger partial charge in [0.2, 0.25) is 11.8 Å². The number of methoxy groups -OCH3 is 1. The van der Waals surface area contributed by atoms with Gasteiger partial charge in [-0.25, -0.2) is 0 Å². The third-order valence-electron chi connectivity index (χ3n) is 3.94. The molecule has 0 spiro atoms. The number of benzene rings is 1. The number of nitrogens with one attached hydrogen (secondary N) is 1. The summed E-state index contributed by atoms with van der Waals surface area (Å²) >= 11 is 7.04. The summed E-state index contributed by atoms with van der Waals surface area (Å²) in [5.41, 5.74) is 8.49. The second kappa shape index (κ2) is 7.70. The van der Waals surface area contributed by atoms with Crippen LogP contribution in [0.5, 0.6) is 11.6 Å². The average molecular weight is 484 g/mol. The van der Waals surface area contributed by atoms with Gasteiger partial charge in [0.15, 0.2) is 0 Å². The smallest absolute Gasteiger partial charge is 0.244 e. The van der Waals surface area contributed by atoms with Crippen molar-refractivity contribution >= 4 is 31.9 Å². The maximum atomic E-state index is 9.74. The van der Waals surface area contributed by atoms with Crippen molar-refractivity contribution in [2.75, 3.05) is 13.7 Å². The molecule has 2 aromatic rings. The van der Waals surface area contributed by atoms with Gasteiger partial charge < -0.3 is 19.9 Å². The number of nitrogens with two attached hydrogens (primary N) is 1. The summed E-state index contributed by atoms with van der Waals surface area (Å²) in [4.78, 5) is 0. The zero-order valence-electron chi connectivity index (χ0n) is 14.1. The first-order valence-corrected chi connectivity index (χ1v) is 9.35. The quantitative estimate of drug-likeness (QED) is 0.671. The van der Waals surface area contributed by atoms with E-state index in [1.165, 1.54) is 0 Å². The van der Waals surface area contributed by atoms with Crippen molar-refractivity contribution in [1.29, 1.82) is 5.26 Å². The summed E-state index contributed by atoms with van der Waals surface area (Å²) in [6.45, 7) is 2.66. The van der Waals surface area contributed by atoms with E-state index in [2.05, 4.69) is 48.1 Å². The van der Waals surface area contributed by atoms with Gasteiger partial charge in [0.1, 0.15) is 17.4 Å². The number of aromatic nitrogens is 2. The zero-order valence-corrected chi connectivity index (χ0v) is 17.3. The van der Waals surface area contributed by atoms with Crippen molar-refractivity contribution in [2.24, 2.45) is 5.73 Å². The molecule has 0 fully saturated rings. The Morgan fingerprint density at radius 2 is 2.19 bits per heavy atom. The lowest BCUT2D eigenvalue weighted by Crippen LogP contribution is -2.22. The monoisotopic (exact) mass is 482 g/mol. The summed E-state index contributed by atoms with van der Waals surface area (Å²) in [5, 5.41) is 16.8. The molecule has 0 bridgehead atoms. The van der Waals surface area contributed by atoms with Gasteiger partial charge in [-0.2, -0.15) is 5.26 Å². The summed E-state index contributed by atoms with van der Waals surface area (Å²) in [5.74, 6) is 0.498. The molecule has 9 heteroatoms. The van der Waals surface area contributed by atoms with Crippen molar-refractivity contribution in [3.63, 3.8) is 0 Å². The van der Waals surface area contributed by atoms with Crippen LogP contribution >= 0.6 is 31.9 Å². The molecule has 1 aliphatic heterocycles. The molecule has 0 aliphatic carbocycles. The normalized spacial score (nSPS) is 16.0. The fraction of sp³-hybridized carbons (Fsp3) is 0.294. The molecule has 0 amide bonds. The molecule has 1 atom stereocenters. The highest BCUT2D eigenvalue weighted by Crippen LogP contribution is 2.48. The summed E-state index contributed by atoms with van der Waals surface area (Å²) in [6, 6.07) is 5.97. The van der Waals surface area contributed by atoms with Gasteiger partial charge in [0.05, 0.1) is 34.9 Å². The van der Waals surface area contributed by atoms with Gasteiger partial charge in [-0.05, 0) is 35.0 Å². The third kappa shape index (κ3) is 3.20. The molecule has 2 heterocycles. The predicted molar refractivity (Wildman–Crippen MR) is 102 cm³/mol. The fourth-order valence-corrected chi connectivity index (χ4v) is 4.34. The fourth-order valence-electron chi connectivity index (χ4n) is 2.97. The predicted octanol–water partition coefficient (Wildman–Crippen LogP) is 3.70. The Morgan fingerprint density at radius 1 is 1.42 bits per heavy atom. The number of hydrogen-bond acceptors (Lipinski definition) is 6. The highest BCUT2D eigenvalue weighted by atomic mass is 79.9. The lowest BCUT2D eigenvalue weighted by atomic mass is 9.83. The van der Waals surface area contributed by atoms with Crippen molar-refractivity contribution in [3.8, 4) is 17.7 Å². The first-order chi connectivity index (χ1) is 12.5. The maximum Gasteiger partial charge on any atom is 0.244 e. The third-order valence-corrected chi connectivity index (χ3v) is 4.99. The molecule has 0 radical (unpaired) electrons. The average Bonchev–Trinajstić information content (AvgIpc) is 2.98. The Bertz CT molecular complexity index is 917. The number of rotatable bonds is 5. The second-order valence-corrected chi connectivity index (χ2v) is 7.29. The Labute approximate surface area is 167 Å². The van der Waals surface area contributed by atoms with Crippen molar-refractivity contribution in [2.45, 2.75) is 19.4 Å². The molecular formula is C17H16Br2N4O3. The van der Waals surface area contributed by atoms with Crippen LogP contribution in [0.2, 0.25) is 0 Å². The van der Waals surface area contributed by atoms with Gasteiger partial charge in [-0.3, -0.25) is 5.10 Å². The molecule has 1 aromatic carbocycles. The van der Waals surface area contributed by atoms with Crippen LogP contribution in [-0.2, 0) is 11.3 Å². The van der Waals surface area contributed by atoms with Crippen LogP contribution in [0.1, 0.15) is 29.7 Å².